The molecule has 0 spiro atoms. The summed E-state index contributed by atoms with van der Waals surface area (Å²) < 4.78 is 14.0. The summed E-state index contributed by atoms with van der Waals surface area (Å²) in [6, 6.07) is 7.43. The maximum Gasteiger partial charge on any atom is 0.145 e. The molecule has 0 amide bonds. The summed E-state index contributed by atoms with van der Waals surface area (Å²) in [4.78, 5) is 2.29. The van der Waals surface area contributed by atoms with E-state index in [9.17, 15) is 4.39 Å². The van der Waals surface area contributed by atoms with Gasteiger partial charge >= 0.3 is 0 Å². The van der Waals surface area contributed by atoms with Crippen LogP contribution in [0.25, 0.3) is 0 Å². The molecule has 1 saturated heterocycles. The van der Waals surface area contributed by atoms with Crippen molar-refractivity contribution < 1.29 is 4.39 Å². The minimum atomic E-state index is -0.367. The Morgan fingerprint density at radius 1 is 1.50 bits per heavy atom. The third-order valence-corrected chi connectivity index (χ3v) is 3.36. The Hall–Kier alpha value is -1.44. The Balaban J connectivity index is 2.13. The second-order valence-electron chi connectivity index (χ2n) is 4.67. The van der Waals surface area contributed by atoms with Crippen LogP contribution >= 0.6 is 0 Å². The lowest BCUT2D eigenvalue weighted by Gasteiger charge is -2.38. The summed E-state index contributed by atoms with van der Waals surface area (Å²) in [5, 5.41) is 12.1. The van der Waals surface area contributed by atoms with Crippen LogP contribution in [0, 0.1) is 17.1 Å². The molecule has 0 aliphatic carbocycles. The van der Waals surface area contributed by atoms with Crippen LogP contribution in [0.4, 0.5) is 4.39 Å². The van der Waals surface area contributed by atoms with E-state index in [0.29, 0.717) is 18.2 Å². The summed E-state index contributed by atoms with van der Waals surface area (Å²) in [5.74, 6) is -0.367. The van der Waals surface area contributed by atoms with Gasteiger partial charge in [0.2, 0.25) is 0 Å². The first-order valence-electron chi connectivity index (χ1n) is 6.38. The largest absolute Gasteiger partial charge is 0.314 e. The second-order valence-corrected chi connectivity index (χ2v) is 4.67. The predicted molar refractivity (Wildman–Crippen MR) is 68.5 cm³/mol. The van der Waals surface area contributed by atoms with E-state index in [0.717, 1.165) is 26.1 Å². The standard InChI is InChI=1S/C14H18FN3/c1-2-6-18(13-8-17-9-13)10-12-5-3-4-11(7-16)14(12)15/h3-5,13,17H,2,6,8-10H2,1H3. The Kier molecular flexibility index (Phi) is 4.29. The van der Waals surface area contributed by atoms with Crippen molar-refractivity contribution >= 4 is 0 Å². The molecule has 2 rings (SSSR count). The van der Waals surface area contributed by atoms with E-state index < -0.39 is 0 Å². The molecule has 1 aliphatic rings. The Bertz CT molecular complexity index is 449. The molecule has 1 aromatic rings. The zero-order valence-corrected chi connectivity index (χ0v) is 10.6. The van der Waals surface area contributed by atoms with Crippen molar-refractivity contribution in [3.8, 4) is 6.07 Å². The third kappa shape index (κ3) is 2.69. The monoisotopic (exact) mass is 247 g/mol. The van der Waals surface area contributed by atoms with Gasteiger partial charge in [-0.25, -0.2) is 4.39 Å². The van der Waals surface area contributed by atoms with E-state index >= 15 is 0 Å². The molecule has 3 nitrogen and oxygen atoms in total. The van der Waals surface area contributed by atoms with Crippen molar-refractivity contribution in [2.75, 3.05) is 19.6 Å². The van der Waals surface area contributed by atoms with Gasteiger partial charge in [0.1, 0.15) is 11.9 Å². The van der Waals surface area contributed by atoms with E-state index in [1.165, 1.54) is 6.07 Å². The highest BCUT2D eigenvalue weighted by Gasteiger charge is 2.24. The van der Waals surface area contributed by atoms with Crippen LogP contribution in [-0.2, 0) is 6.54 Å². The van der Waals surface area contributed by atoms with Crippen LogP contribution in [0.2, 0.25) is 0 Å². The molecule has 1 fully saturated rings. The lowest BCUT2D eigenvalue weighted by molar-refractivity contribution is 0.136. The number of nitriles is 1. The Morgan fingerprint density at radius 2 is 2.28 bits per heavy atom. The summed E-state index contributed by atoms with van der Waals surface area (Å²) in [5.41, 5.74) is 0.755. The minimum absolute atomic E-state index is 0.135. The lowest BCUT2D eigenvalue weighted by Crippen LogP contribution is -2.57. The van der Waals surface area contributed by atoms with Crippen molar-refractivity contribution in [2.45, 2.75) is 25.9 Å². The minimum Gasteiger partial charge on any atom is -0.314 e. The smallest absolute Gasteiger partial charge is 0.145 e. The summed E-state index contributed by atoms with van der Waals surface area (Å²) in [6.45, 7) is 5.62. The van der Waals surface area contributed by atoms with E-state index in [4.69, 9.17) is 5.26 Å². The summed E-state index contributed by atoms with van der Waals surface area (Å²) in [7, 11) is 0. The molecule has 0 aromatic heterocycles. The van der Waals surface area contributed by atoms with Crippen molar-refractivity contribution in [3.05, 3.63) is 35.1 Å². The number of benzene rings is 1. The number of halogens is 1. The molecule has 1 N–H and O–H groups in total. The van der Waals surface area contributed by atoms with Gasteiger partial charge < -0.3 is 5.32 Å². The molecule has 1 aromatic carbocycles. The van der Waals surface area contributed by atoms with Crippen LogP contribution in [0.3, 0.4) is 0 Å². The molecule has 1 heterocycles. The van der Waals surface area contributed by atoms with E-state index in [1.807, 2.05) is 6.07 Å². The average molecular weight is 247 g/mol. The molecule has 96 valence electrons. The molecule has 1 aliphatic heterocycles. The van der Waals surface area contributed by atoms with Gasteiger partial charge in [0, 0.05) is 31.2 Å². The number of hydrogen-bond donors (Lipinski definition) is 1. The van der Waals surface area contributed by atoms with Crippen molar-refractivity contribution in [1.82, 2.24) is 10.2 Å². The summed E-state index contributed by atoms with van der Waals surface area (Å²) >= 11 is 0. The fourth-order valence-corrected chi connectivity index (χ4v) is 2.22. The van der Waals surface area contributed by atoms with E-state index in [1.54, 1.807) is 12.1 Å². The number of nitrogens with zero attached hydrogens (tertiary/aromatic N) is 2. The van der Waals surface area contributed by atoms with Gasteiger partial charge in [-0.1, -0.05) is 19.1 Å². The third-order valence-electron chi connectivity index (χ3n) is 3.36. The van der Waals surface area contributed by atoms with Gasteiger partial charge in [-0.05, 0) is 19.0 Å². The highest BCUT2D eigenvalue weighted by molar-refractivity contribution is 5.34. The molecule has 0 radical (unpaired) electrons. The van der Waals surface area contributed by atoms with Crippen LogP contribution in [0.15, 0.2) is 18.2 Å². The number of nitrogens with one attached hydrogen (secondary N) is 1. The van der Waals surface area contributed by atoms with E-state index in [-0.39, 0.29) is 11.4 Å². The first-order chi connectivity index (χ1) is 8.76. The molecule has 0 bridgehead atoms. The maximum absolute atomic E-state index is 14.0. The SMILES string of the molecule is CCCN(Cc1cccc(C#N)c1F)C1CNC1. The van der Waals surface area contributed by atoms with Crippen molar-refractivity contribution in [2.24, 2.45) is 0 Å². The molecule has 0 unspecified atom stereocenters. The van der Waals surface area contributed by atoms with Crippen molar-refractivity contribution in [1.29, 1.82) is 5.26 Å². The Morgan fingerprint density at radius 3 is 2.83 bits per heavy atom. The fourth-order valence-electron chi connectivity index (χ4n) is 2.22. The Labute approximate surface area is 107 Å². The highest BCUT2D eigenvalue weighted by atomic mass is 19.1. The van der Waals surface area contributed by atoms with E-state index in [2.05, 4.69) is 17.1 Å². The molecular weight excluding hydrogens is 229 g/mol. The normalized spacial score (nSPS) is 15.4. The molecule has 4 heteroatoms. The first kappa shape index (κ1) is 13.0. The first-order valence-corrected chi connectivity index (χ1v) is 6.38. The molecular formula is C14H18FN3. The van der Waals surface area contributed by atoms with Crippen molar-refractivity contribution in [3.63, 3.8) is 0 Å². The van der Waals surface area contributed by atoms with Gasteiger partial charge in [-0.2, -0.15) is 5.26 Å². The van der Waals surface area contributed by atoms with Gasteiger partial charge in [-0.3, -0.25) is 4.90 Å². The van der Waals surface area contributed by atoms with Gasteiger partial charge in [0.05, 0.1) is 5.56 Å². The average Bonchev–Trinajstić information content (AvgIpc) is 2.30. The van der Waals surface area contributed by atoms with Gasteiger partial charge in [0.15, 0.2) is 0 Å². The zero-order valence-electron chi connectivity index (χ0n) is 10.6. The molecule has 0 atom stereocenters. The second kappa shape index (κ2) is 5.94. The predicted octanol–water partition coefficient (Wildman–Crippen LogP) is 1.88. The summed E-state index contributed by atoms with van der Waals surface area (Å²) in [6.07, 6.45) is 1.05. The maximum atomic E-state index is 14.0. The topological polar surface area (TPSA) is 39.1 Å². The lowest BCUT2D eigenvalue weighted by atomic mass is 10.1. The van der Waals surface area contributed by atoms with Crippen LogP contribution in [0.5, 0.6) is 0 Å². The zero-order chi connectivity index (χ0) is 13.0. The van der Waals surface area contributed by atoms with Gasteiger partial charge in [0.25, 0.3) is 0 Å². The quantitative estimate of drug-likeness (QED) is 0.863. The van der Waals surface area contributed by atoms with Crippen LogP contribution in [-0.4, -0.2) is 30.6 Å². The van der Waals surface area contributed by atoms with Crippen LogP contribution in [0.1, 0.15) is 24.5 Å². The number of rotatable bonds is 5. The molecule has 0 saturated carbocycles. The molecule has 18 heavy (non-hydrogen) atoms. The van der Waals surface area contributed by atoms with Gasteiger partial charge in [-0.15, -0.1) is 0 Å². The number of hydrogen-bond acceptors (Lipinski definition) is 3. The highest BCUT2D eigenvalue weighted by Crippen LogP contribution is 2.17. The fraction of sp³-hybridized carbons (Fsp3) is 0.500. The van der Waals surface area contributed by atoms with Crippen LogP contribution < -0.4 is 5.32 Å².